The van der Waals surface area contributed by atoms with E-state index in [0.29, 0.717) is 31.3 Å². The van der Waals surface area contributed by atoms with E-state index in [1.807, 2.05) is 19.9 Å². The Morgan fingerprint density at radius 1 is 1.13 bits per heavy atom. The van der Waals surface area contributed by atoms with Gasteiger partial charge in [0.05, 0.1) is 0 Å². The first-order chi connectivity index (χ1) is 11.0. The van der Waals surface area contributed by atoms with Gasteiger partial charge in [-0.1, -0.05) is 30.3 Å². The molecule has 3 N–H and O–H groups in total. The van der Waals surface area contributed by atoms with Crippen molar-refractivity contribution in [3.8, 4) is 0 Å². The minimum absolute atomic E-state index is 0.0370. The van der Waals surface area contributed by atoms with Crippen LogP contribution in [-0.2, 0) is 4.79 Å². The van der Waals surface area contributed by atoms with Gasteiger partial charge in [0.2, 0.25) is 5.91 Å². The first-order valence-corrected chi connectivity index (χ1v) is 8.40. The normalized spacial score (nSPS) is 19.8. The maximum atomic E-state index is 11.7. The third kappa shape index (κ3) is 5.93. The largest absolute Gasteiger partial charge is 0.354 e. The zero-order valence-corrected chi connectivity index (χ0v) is 14.0. The third-order valence-electron chi connectivity index (χ3n) is 4.15. The highest BCUT2D eigenvalue weighted by molar-refractivity contribution is 5.78. The molecular formula is C18H27N3O2. The molecule has 1 fully saturated rings. The minimum Gasteiger partial charge on any atom is -0.354 e. The molecule has 0 aliphatic heterocycles. The summed E-state index contributed by atoms with van der Waals surface area (Å²) in [6.07, 6.45) is 2.56. The average molecular weight is 317 g/mol. The van der Waals surface area contributed by atoms with Crippen molar-refractivity contribution in [3.63, 3.8) is 0 Å². The summed E-state index contributed by atoms with van der Waals surface area (Å²) in [7, 11) is 0. The Hall–Kier alpha value is -2.04. The fourth-order valence-corrected chi connectivity index (χ4v) is 2.88. The van der Waals surface area contributed by atoms with Gasteiger partial charge >= 0.3 is 6.03 Å². The Kier molecular flexibility index (Phi) is 6.44. The molecule has 2 rings (SSSR count). The maximum Gasteiger partial charge on any atom is 0.314 e. The van der Waals surface area contributed by atoms with Gasteiger partial charge in [0, 0.05) is 25.6 Å². The topological polar surface area (TPSA) is 70.2 Å². The van der Waals surface area contributed by atoms with Gasteiger partial charge in [-0.3, -0.25) is 4.79 Å². The van der Waals surface area contributed by atoms with Crippen LogP contribution in [0.3, 0.4) is 0 Å². The van der Waals surface area contributed by atoms with E-state index in [9.17, 15) is 9.59 Å². The molecule has 0 bridgehead atoms. The lowest BCUT2D eigenvalue weighted by Gasteiger charge is -2.35. The van der Waals surface area contributed by atoms with Gasteiger partial charge < -0.3 is 16.0 Å². The summed E-state index contributed by atoms with van der Waals surface area (Å²) < 4.78 is 0. The van der Waals surface area contributed by atoms with Crippen LogP contribution >= 0.6 is 0 Å². The first kappa shape index (κ1) is 17.3. The molecule has 0 radical (unpaired) electrons. The summed E-state index contributed by atoms with van der Waals surface area (Å²) in [6.45, 7) is 4.90. The van der Waals surface area contributed by atoms with E-state index in [-0.39, 0.29) is 18.0 Å². The van der Waals surface area contributed by atoms with Gasteiger partial charge in [-0.05, 0) is 44.1 Å². The molecule has 0 heterocycles. The maximum absolute atomic E-state index is 11.7. The summed E-state index contributed by atoms with van der Waals surface area (Å²) in [5.74, 6) is 1.14. The molecule has 0 unspecified atom stereocenters. The van der Waals surface area contributed by atoms with Crippen LogP contribution in [0.5, 0.6) is 0 Å². The van der Waals surface area contributed by atoms with Crippen molar-refractivity contribution in [2.45, 2.75) is 45.1 Å². The van der Waals surface area contributed by atoms with Crippen molar-refractivity contribution in [1.29, 1.82) is 0 Å². The van der Waals surface area contributed by atoms with Crippen LogP contribution in [0, 0.1) is 5.92 Å². The highest BCUT2D eigenvalue weighted by Crippen LogP contribution is 2.40. The standard InChI is InChI=1S/C18H27N3O2/c1-13(2)21-17(22)8-9-19-18(23)20-12-14-10-16(11-14)15-6-4-3-5-7-15/h3-7,13-14,16H,8-12H2,1-2H3,(H,21,22)(H2,19,20,23). The Labute approximate surface area is 138 Å². The first-order valence-electron chi connectivity index (χ1n) is 8.40. The van der Waals surface area contributed by atoms with Gasteiger partial charge in [0.15, 0.2) is 0 Å². The second kappa shape index (κ2) is 8.56. The number of urea groups is 1. The smallest absolute Gasteiger partial charge is 0.314 e. The summed E-state index contributed by atoms with van der Waals surface area (Å²) in [4.78, 5) is 23.1. The molecule has 1 saturated carbocycles. The Morgan fingerprint density at radius 2 is 1.83 bits per heavy atom. The summed E-state index contributed by atoms with van der Waals surface area (Å²) in [5, 5.41) is 8.41. The fraction of sp³-hybridized carbons (Fsp3) is 0.556. The second-order valence-electron chi connectivity index (χ2n) is 6.55. The van der Waals surface area contributed by atoms with Crippen LogP contribution in [0.4, 0.5) is 4.79 Å². The highest BCUT2D eigenvalue weighted by atomic mass is 16.2. The van der Waals surface area contributed by atoms with Crippen molar-refractivity contribution in [3.05, 3.63) is 35.9 Å². The van der Waals surface area contributed by atoms with E-state index in [2.05, 4.69) is 40.2 Å². The van der Waals surface area contributed by atoms with Crippen molar-refractivity contribution in [2.24, 2.45) is 5.92 Å². The molecule has 1 aromatic rings. The molecule has 1 aromatic carbocycles. The Bertz CT molecular complexity index is 510. The SMILES string of the molecule is CC(C)NC(=O)CCNC(=O)NCC1CC(c2ccccc2)C1. The van der Waals surface area contributed by atoms with Crippen LogP contribution in [-0.4, -0.2) is 31.1 Å². The summed E-state index contributed by atoms with van der Waals surface area (Å²) in [6, 6.07) is 10.5. The average Bonchev–Trinajstić information content (AvgIpc) is 2.46. The Morgan fingerprint density at radius 3 is 2.48 bits per heavy atom. The number of amides is 3. The number of hydrogen-bond acceptors (Lipinski definition) is 2. The summed E-state index contributed by atoms with van der Waals surface area (Å²) >= 11 is 0. The predicted molar refractivity (Wildman–Crippen MR) is 91.2 cm³/mol. The molecule has 23 heavy (non-hydrogen) atoms. The zero-order valence-electron chi connectivity index (χ0n) is 14.0. The van der Waals surface area contributed by atoms with Gasteiger partial charge in [-0.2, -0.15) is 0 Å². The number of carbonyl (C=O) groups excluding carboxylic acids is 2. The molecule has 0 saturated heterocycles. The van der Waals surface area contributed by atoms with Crippen molar-refractivity contribution >= 4 is 11.9 Å². The summed E-state index contributed by atoms with van der Waals surface area (Å²) in [5.41, 5.74) is 1.39. The lowest BCUT2D eigenvalue weighted by Crippen LogP contribution is -2.42. The van der Waals surface area contributed by atoms with Crippen LogP contribution in [0.2, 0.25) is 0 Å². The molecular weight excluding hydrogens is 290 g/mol. The van der Waals surface area contributed by atoms with E-state index in [1.165, 1.54) is 5.56 Å². The number of rotatable bonds is 7. The fourth-order valence-electron chi connectivity index (χ4n) is 2.88. The van der Waals surface area contributed by atoms with E-state index in [4.69, 9.17) is 0 Å². The monoisotopic (exact) mass is 317 g/mol. The number of benzene rings is 1. The third-order valence-corrected chi connectivity index (χ3v) is 4.15. The van der Waals surface area contributed by atoms with Crippen LogP contribution in [0.1, 0.15) is 44.6 Å². The molecule has 5 nitrogen and oxygen atoms in total. The molecule has 126 valence electrons. The van der Waals surface area contributed by atoms with Gasteiger partial charge in [0.1, 0.15) is 0 Å². The lowest BCUT2D eigenvalue weighted by atomic mass is 9.71. The lowest BCUT2D eigenvalue weighted by molar-refractivity contribution is -0.121. The number of carbonyl (C=O) groups is 2. The van der Waals surface area contributed by atoms with E-state index in [0.717, 1.165) is 12.8 Å². The molecule has 5 heteroatoms. The van der Waals surface area contributed by atoms with Crippen LogP contribution < -0.4 is 16.0 Å². The van der Waals surface area contributed by atoms with Crippen molar-refractivity contribution in [2.75, 3.05) is 13.1 Å². The van der Waals surface area contributed by atoms with Crippen LogP contribution in [0.15, 0.2) is 30.3 Å². The van der Waals surface area contributed by atoms with Gasteiger partial charge in [-0.15, -0.1) is 0 Å². The molecule has 0 spiro atoms. The van der Waals surface area contributed by atoms with E-state index < -0.39 is 0 Å². The zero-order chi connectivity index (χ0) is 16.7. The Balaban J connectivity index is 1.54. The highest BCUT2D eigenvalue weighted by Gasteiger charge is 2.30. The minimum atomic E-state index is -0.189. The molecule has 1 aliphatic rings. The molecule has 3 amide bonds. The quantitative estimate of drug-likeness (QED) is 0.722. The van der Waals surface area contributed by atoms with Crippen molar-refractivity contribution in [1.82, 2.24) is 16.0 Å². The van der Waals surface area contributed by atoms with Crippen molar-refractivity contribution < 1.29 is 9.59 Å². The van der Waals surface area contributed by atoms with Gasteiger partial charge in [0.25, 0.3) is 0 Å². The molecule has 1 aliphatic carbocycles. The molecule has 0 atom stereocenters. The van der Waals surface area contributed by atoms with Crippen LogP contribution in [0.25, 0.3) is 0 Å². The van der Waals surface area contributed by atoms with E-state index >= 15 is 0 Å². The second-order valence-corrected chi connectivity index (χ2v) is 6.55. The predicted octanol–water partition coefficient (Wildman–Crippen LogP) is 2.39. The van der Waals surface area contributed by atoms with E-state index in [1.54, 1.807) is 0 Å². The number of nitrogens with one attached hydrogen (secondary N) is 3. The van der Waals surface area contributed by atoms with Gasteiger partial charge in [-0.25, -0.2) is 4.79 Å². The number of hydrogen-bond donors (Lipinski definition) is 3. The molecule has 0 aromatic heterocycles.